The molecule has 0 atom stereocenters. The predicted octanol–water partition coefficient (Wildman–Crippen LogP) is 5.91. The van der Waals surface area contributed by atoms with Crippen LogP contribution in [0.4, 0.5) is 29.3 Å². The van der Waals surface area contributed by atoms with Gasteiger partial charge in [-0.3, -0.25) is 9.69 Å². The van der Waals surface area contributed by atoms with Gasteiger partial charge in [0.15, 0.2) is 0 Å². The van der Waals surface area contributed by atoms with E-state index in [9.17, 15) is 22.8 Å². The minimum absolute atomic E-state index is 0.185. The zero-order chi connectivity index (χ0) is 25.7. The normalized spacial score (nSPS) is 14.1. The number of rotatable bonds is 7. The fourth-order valence-corrected chi connectivity index (χ4v) is 4.13. The minimum Gasteiger partial charge on any atom is -0.406 e. The fourth-order valence-electron chi connectivity index (χ4n) is 4.13. The Morgan fingerprint density at radius 1 is 0.972 bits per heavy atom. The Hall–Kier alpha value is -4.01. The maximum atomic E-state index is 13.4. The van der Waals surface area contributed by atoms with Crippen LogP contribution >= 0.6 is 0 Å². The van der Waals surface area contributed by atoms with E-state index in [2.05, 4.69) is 10.1 Å². The number of urea groups is 1. The summed E-state index contributed by atoms with van der Waals surface area (Å²) in [5.41, 5.74) is 3.66. The molecule has 0 unspecified atom stereocenters. The SMILES string of the molecule is Cc1ccc(N2CCCN(Cc3ccc(OC(F)(F)F)cc3)C2=O)c(NC(=O)Cc2ccccc2)c1. The van der Waals surface area contributed by atoms with Crippen LogP contribution in [0, 0.1) is 6.92 Å². The zero-order valence-electron chi connectivity index (χ0n) is 19.7. The number of aryl methyl sites for hydroxylation is 1. The third-order valence-electron chi connectivity index (χ3n) is 5.77. The summed E-state index contributed by atoms with van der Waals surface area (Å²) in [6.07, 6.45) is -3.85. The van der Waals surface area contributed by atoms with Crippen molar-refractivity contribution in [2.45, 2.75) is 32.7 Å². The molecule has 1 heterocycles. The maximum absolute atomic E-state index is 13.4. The summed E-state index contributed by atoms with van der Waals surface area (Å²) >= 11 is 0. The van der Waals surface area contributed by atoms with Gasteiger partial charge in [-0.15, -0.1) is 13.2 Å². The van der Waals surface area contributed by atoms with E-state index in [4.69, 9.17) is 0 Å². The van der Waals surface area contributed by atoms with E-state index in [1.807, 2.05) is 55.5 Å². The molecule has 9 heteroatoms. The Morgan fingerprint density at radius 3 is 2.39 bits per heavy atom. The van der Waals surface area contributed by atoms with E-state index < -0.39 is 6.36 Å². The Labute approximate surface area is 207 Å². The number of halogens is 3. The number of hydrogen-bond donors (Lipinski definition) is 1. The highest BCUT2D eigenvalue weighted by molar-refractivity contribution is 6.01. The third kappa shape index (κ3) is 6.56. The minimum atomic E-state index is -4.76. The molecule has 4 rings (SSSR count). The van der Waals surface area contributed by atoms with Crippen molar-refractivity contribution in [2.75, 3.05) is 23.3 Å². The van der Waals surface area contributed by atoms with E-state index >= 15 is 0 Å². The summed E-state index contributed by atoms with van der Waals surface area (Å²) in [7, 11) is 0. The van der Waals surface area contributed by atoms with Crippen LogP contribution in [-0.4, -0.2) is 36.3 Å². The van der Waals surface area contributed by atoms with Crippen molar-refractivity contribution >= 4 is 23.3 Å². The first-order chi connectivity index (χ1) is 17.2. The van der Waals surface area contributed by atoms with Crippen molar-refractivity contribution in [3.63, 3.8) is 0 Å². The number of carbonyl (C=O) groups is 2. The molecule has 188 valence electrons. The lowest BCUT2D eigenvalue weighted by Crippen LogP contribution is -2.49. The summed E-state index contributed by atoms with van der Waals surface area (Å²) in [5, 5.41) is 2.95. The van der Waals surface area contributed by atoms with Crippen molar-refractivity contribution in [3.8, 4) is 5.75 Å². The molecule has 0 saturated carbocycles. The number of carbonyl (C=O) groups excluding carboxylic acids is 2. The van der Waals surface area contributed by atoms with Crippen LogP contribution in [0.1, 0.15) is 23.1 Å². The topological polar surface area (TPSA) is 61.9 Å². The van der Waals surface area contributed by atoms with Gasteiger partial charge in [0.2, 0.25) is 5.91 Å². The average Bonchev–Trinajstić information content (AvgIpc) is 2.82. The first-order valence-corrected chi connectivity index (χ1v) is 11.5. The van der Waals surface area contributed by atoms with E-state index in [-0.39, 0.29) is 30.7 Å². The summed E-state index contributed by atoms with van der Waals surface area (Å²) < 4.78 is 41.1. The molecule has 1 fully saturated rings. The number of ether oxygens (including phenoxy) is 1. The van der Waals surface area contributed by atoms with Crippen LogP contribution in [0.2, 0.25) is 0 Å². The molecule has 3 aromatic carbocycles. The second kappa shape index (κ2) is 10.7. The monoisotopic (exact) mass is 497 g/mol. The van der Waals surface area contributed by atoms with Gasteiger partial charge in [0.1, 0.15) is 5.75 Å². The second-order valence-corrected chi connectivity index (χ2v) is 8.63. The van der Waals surface area contributed by atoms with Crippen LogP contribution < -0.4 is 15.0 Å². The lowest BCUT2D eigenvalue weighted by Gasteiger charge is -2.36. The van der Waals surface area contributed by atoms with Gasteiger partial charge < -0.3 is 15.0 Å². The zero-order valence-corrected chi connectivity index (χ0v) is 19.7. The number of alkyl halides is 3. The summed E-state index contributed by atoms with van der Waals surface area (Å²) in [6, 6.07) is 20.2. The van der Waals surface area contributed by atoms with Gasteiger partial charge in [-0.25, -0.2) is 4.79 Å². The summed E-state index contributed by atoms with van der Waals surface area (Å²) in [5.74, 6) is -0.496. The smallest absolute Gasteiger partial charge is 0.406 e. The molecule has 1 N–H and O–H groups in total. The van der Waals surface area contributed by atoms with Crippen molar-refractivity contribution in [2.24, 2.45) is 0 Å². The van der Waals surface area contributed by atoms with Crippen LogP contribution in [0.3, 0.4) is 0 Å². The fraction of sp³-hybridized carbons (Fsp3) is 0.259. The standard InChI is InChI=1S/C27H26F3N3O3/c1-19-8-13-24(23(16-19)31-25(34)17-20-6-3-2-4-7-20)33-15-5-14-32(26(33)35)18-21-9-11-22(12-10-21)36-27(28,29)30/h2-4,6-13,16H,5,14-15,17-18H2,1H3,(H,31,34). The molecule has 0 aliphatic carbocycles. The summed E-state index contributed by atoms with van der Waals surface area (Å²) in [4.78, 5) is 29.4. The molecule has 6 nitrogen and oxygen atoms in total. The van der Waals surface area contributed by atoms with Crippen LogP contribution in [0.5, 0.6) is 5.75 Å². The molecule has 1 saturated heterocycles. The van der Waals surface area contributed by atoms with Crippen LogP contribution in [-0.2, 0) is 17.8 Å². The van der Waals surface area contributed by atoms with Crippen LogP contribution in [0.25, 0.3) is 0 Å². The van der Waals surface area contributed by atoms with Crippen LogP contribution in [0.15, 0.2) is 72.8 Å². The molecular weight excluding hydrogens is 471 g/mol. The van der Waals surface area contributed by atoms with Crippen molar-refractivity contribution < 1.29 is 27.5 Å². The van der Waals surface area contributed by atoms with Gasteiger partial charge in [-0.2, -0.15) is 0 Å². The molecule has 0 spiro atoms. The van der Waals surface area contributed by atoms with Gasteiger partial charge in [-0.1, -0.05) is 48.5 Å². The molecule has 1 aliphatic heterocycles. The number of nitrogens with zero attached hydrogens (tertiary/aromatic N) is 2. The molecule has 3 amide bonds. The van der Waals surface area contributed by atoms with E-state index in [1.165, 1.54) is 24.3 Å². The number of amides is 3. The maximum Gasteiger partial charge on any atom is 0.573 e. The molecule has 0 aromatic heterocycles. The first kappa shape index (κ1) is 25.1. The Bertz CT molecular complexity index is 1210. The molecule has 3 aromatic rings. The van der Waals surface area contributed by atoms with E-state index in [1.54, 1.807) is 9.80 Å². The second-order valence-electron chi connectivity index (χ2n) is 8.63. The van der Waals surface area contributed by atoms with Gasteiger partial charge in [0.05, 0.1) is 17.8 Å². The molecule has 0 bridgehead atoms. The highest BCUT2D eigenvalue weighted by atomic mass is 19.4. The molecule has 36 heavy (non-hydrogen) atoms. The van der Waals surface area contributed by atoms with Crippen molar-refractivity contribution in [1.29, 1.82) is 0 Å². The first-order valence-electron chi connectivity index (χ1n) is 11.5. The lowest BCUT2D eigenvalue weighted by atomic mass is 10.1. The number of hydrogen-bond acceptors (Lipinski definition) is 3. The van der Waals surface area contributed by atoms with E-state index in [0.29, 0.717) is 36.4 Å². The van der Waals surface area contributed by atoms with E-state index in [0.717, 1.165) is 11.1 Å². The Kier molecular flexibility index (Phi) is 7.47. The van der Waals surface area contributed by atoms with Gasteiger partial charge in [-0.05, 0) is 54.3 Å². The average molecular weight is 498 g/mol. The molecule has 1 aliphatic rings. The number of nitrogens with one attached hydrogen (secondary N) is 1. The molecular formula is C27H26F3N3O3. The lowest BCUT2D eigenvalue weighted by molar-refractivity contribution is -0.274. The molecule has 0 radical (unpaired) electrons. The van der Waals surface area contributed by atoms with Crippen molar-refractivity contribution in [3.05, 3.63) is 89.5 Å². The third-order valence-corrected chi connectivity index (χ3v) is 5.77. The van der Waals surface area contributed by atoms with Crippen molar-refractivity contribution in [1.82, 2.24) is 4.90 Å². The largest absolute Gasteiger partial charge is 0.573 e. The Balaban J connectivity index is 1.47. The quantitative estimate of drug-likeness (QED) is 0.442. The van der Waals surface area contributed by atoms with Gasteiger partial charge >= 0.3 is 12.4 Å². The summed E-state index contributed by atoms with van der Waals surface area (Å²) in [6.45, 7) is 3.15. The van der Waals surface area contributed by atoms with Gasteiger partial charge in [0, 0.05) is 19.6 Å². The predicted molar refractivity (Wildman–Crippen MR) is 131 cm³/mol. The highest BCUT2D eigenvalue weighted by Crippen LogP contribution is 2.31. The van der Waals surface area contributed by atoms with Gasteiger partial charge in [0.25, 0.3) is 0 Å². The number of anilines is 2. The highest BCUT2D eigenvalue weighted by Gasteiger charge is 2.31. The Morgan fingerprint density at radius 2 is 1.69 bits per heavy atom. The number of benzene rings is 3.